The van der Waals surface area contributed by atoms with Gasteiger partial charge in [-0.1, -0.05) is 0 Å². The molecule has 7 heteroatoms. The molecule has 0 aromatic carbocycles. The molecule has 0 unspecified atom stereocenters. The summed E-state index contributed by atoms with van der Waals surface area (Å²) in [5.41, 5.74) is 0.405. The molecule has 0 aliphatic rings. The number of pyridine rings is 1. The van der Waals surface area contributed by atoms with Gasteiger partial charge in [0.25, 0.3) is 0 Å². The highest BCUT2D eigenvalue weighted by atomic mass is 16.5. The molecule has 0 radical (unpaired) electrons. The predicted octanol–water partition coefficient (Wildman–Crippen LogP) is 2.08. The molecule has 0 spiro atoms. The minimum atomic E-state index is -1.05. The van der Waals surface area contributed by atoms with Crippen molar-refractivity contribution in [3.8, 4) is 0 Å². The van der Waals surface area contributed by atoms with E-state index >= 15 is 0 Å². The summed E-state index contributed by atoms with van der Waals surface area (Å²) in [6.07, 6.45) is 1.53. The Labute approximate surface area is 120 Å². The van der Waals surface area contributed by atoms with Crippen LogP contribution in [0.5, 0.6) is 0 Å². The summed E-state index contributed by atoms with van der Waals surface area (Å²) in [7, 11) is 1.29. The molecule has 0 saturated heterocycles. The SMILES string of the molecule is COC(=O)c1cccnc1NCc1cc(C(=O)O)c(C)o1. The summed E-state index contributed by atoms with van der Waals surface area (Å²) < 4.78 is 10.0. The molecule has 0 fully saturated rings. The molecule has 110 valence electrons. The number of ether oxygens (including phenoxy) is 1. The third kappa shape index (κ3) is 3.19. The van der Waals surface area contributed by atoms with E-state index in [4.69, 9.17) is 9.52 Å². The fourth-order valence-corrected chi connectivity index (χ4v) is 1.83. The number of hydrogen-bond acceptors (Lipinski definition) is 6. The van der Waals surface area contributed by atoms with Gasteiger partial charge in [-0.25, -0.2) is 14.6 Å². The van der Waals surface area contributed by atoms with Crippen LogP contribution in [0.4, 0.5) is 5.82 Å². The second-order valence-corrected chi connectivity index (χ2v) is 4.23. The van der Waals surface area contributed by atoms with Gasteiger partial charge in [0.2, 0.25) is 0 Å². The third-order valence-corrected chi connectivity index (χ3v) is 2.84. The standard InChI is InChI=1S/C14H14N2O5/c1-8-11(13(17)18)6-9(21-8)7-16-12-10(14(19)20-2)4-3-5-15-12/h3-6H,7H2,1-2H3,(H,15,16)(H,17,18). The van der Waals surface area contributed by atoms with Crippen molar-refractivity contribution in [1.29, 1.82) is 0 Å². The molecule has 21 heavy (non-hydrogen) atoms. The summed E-state index contributed by atoms with van der Waals surface area (Å²) in [5.74, 6) is -0.446. The lowest BCUT2D eigenvalue weighted by molar-refractivity contribution is 0.0600. The first-order valence-electron chi connectivity index (χ1n) is 6.12. The number of carboxylic acids is 1. The highest BCUT2D eigenvalue weighted by molar-refractivity contribution is 5.94. The Bertz CT molecular complexity index is 678. The number of methoxy groups -OCH3 is 1. The maximum atomic E-state index is 11.6. The van der Waals surface area contributed by atoms with E-state index in [-0.39, 0.29) is 12.1 Å². The van der Waals surface area contributed by atoms with Crippen LogP contribution in [0.25, 0.3) is 0 Å². The third-order valence-electron chi connectivity index (χ3n) is 2.84. The van der Waals surface area contributed by atoms with Gasteiger partial charge < -0.3 is 19.6 Å². The second kappa shape index (κ2) is 6.08. The number of aromatic nitrogens is 1. The molecule has 2 aromatic rings. The maximum absolute atomic E-state index is 11.6. The number of carbonyl (C=O) groups is 2. The van der Waals surface area contributed by atoms with Gasteiger partial charge in [-0.05, 0) is 25.1 Å². The Morgan fingerprint density at radius 2 is 2.19 bits per heavy atom. The number of anilines is 1. The Hall–Kier alpha value is -2.83. The summed E-state index contributed by atoms with van der Waals surface area (Å²) in [6.45, 7) is 1.78. The van der Waals surface area contributed by atoms with Crippen molar-refractivity contribution in [2.75, 3.05) is 12.4 Å². The quantitative estimate of drug-likeness (QED) is 0.813. The number of nitrogens with one attached hydrogen (secondary N) is 1. The Morgan fingerprint density at radius 1 is 1.43 bits per heavy atom. The van der Waals surface area contributed by atoms with Crippen molar-refractivity contribution >= 4 is 17.8 Å². The normalized spacial score (nSPS) is 10.2. The summed E-state index contributed by atoms with van der Waals surface area (Å²) in [4.78, 5) is 26.6. The van der Waals surface area contributed by atoms with Crippen molar-refractivity contribution in [2.45, 2.75) is 13.5 Å². The zero-order chi connectivity index (χ0) is 15.4. The molecule has 0 aliphatic heterocycles. The van der Waals surface area contributed by atoms with Gasteiger partial charge in [-0.15, -0.1) is 0 Å². The minimum absolute atomic E-state index is 0.112. The molecule has 7 nitrogen and oxygen atoms in total. The molecule has 0 amide bonds. The van der Waals surface area contributed by atoms with E-state index < -0.39 is 11.9 Å². The van der Waals surface area contributed by atoms with Crippen LogP contribution in [0.15, 0.2) is 28.8 Å². The highest BCUT2D eigenvalue weighted by Crippen LogP contribution is 2.18. The number of rotatable bonds is 5. The van der Waals surface area contributed by atoms with Crippen LogP contribution in [0.2, 0.25) is 0 Å². The van der Waals surface area contributed by atoms with E-state index in [1.54, 1.807) is 19.1 Å². The first-order chi connectivity index (χ1) is 10.0. The zero-order valence-corrected chi connectivity index (χ0v) is 11.5. The summed E-state index contributed by atoms with van der Waals surface area (Å²) >= 11 is 0. The molecular weight excluding hydrogens is 276 g/mol. The largest absolute Gasteiger partial charge is 0.478 e. The fourth-order valence-electron chi connectivity index (χ4n) is 1.83. The van der Waals surface area contributed by atoms with Crippen molar-refractivity contribution in [1.82, 2.24) is 4.98 Å². The van der Waals surface area contributed by atoms with Gasteiger partial charge in [-0.2, -0.15) is 0 Å². The lowest BCUT2D eigenvalue weighted by Crippen LogP contribution is -2.09. The van der Waals surface area contributed by atoms with Crippen LogP contribution in [0, 0.1) is 6.92 Å². The van der Waals surface area contributed by atoms with E-state index in [2.05, 4.69) is 15.0 Å². The van der Waals surface area contributed by atoms with Gasteiger partial charge in [0.1, 0.15) is 28.5 Å². The zero-order valence-electron chi connectivity index (χ0n) is 11.5. The molecule has 0 aliphatic carbocycles. The average molecular weight is 290 g/mol. The van der Waals surface area contributed by atoms with Crippen LogP contribution in [-0.4, -0.2) is 29.1 Å². The van der Waals surface area contributed by atoms with Crippen LogP contribution in [0.1, 0.15) is 32.2 Å². The van der Waals surface area contributed by atoms with Crippen molar-refractivity contribution < 1.29 is 23.8 Å². The maximum Gasteiger partial charge on any atom is 0.341 e. The smallest absolute Gasteiger partial charge is 0.341 e. The Morgan fingerprint density at radius 3 is 2.81 bits per heavy atom. The van der Waals surface area contributed by atoms with E-state index in [1.165, 1.54) is 19.4 Å². The lowest BCUT2D eigenvalue weighted by atomic mass is 10.2. The van der Waals surface area contributed by atoms with Gasteiger partial charge in [0, 0.05) is 6.20 Å². The first-order valence-corrected chi connectivity index (χ1v) is 6.12. The molecular formula is C14H14N2O5. The van der Waals surface area contributed by atoms with E-state index in [0.717, 1.165) is 0 Å². The summed E-state index contributed by atoms with van der Waals surface area (Å²) in [5, 5.41) is 11.9. The molecule has 2 rings (SSSR count). The first kappa shape index (κ1) is 14.6. The average Bonchev–Trinajstić information content (AvgIpc) is 2.86. The van der Waals surface area contributed by atoms with E-state index in [9.17, 15) is 9.59 Å². The second-order valence-electron chi connectivity index (χ2n) is 4.23. The number of carbonyl (C=O) groups excluding carboxylic acids is 1. The van der Waals surface area contributed by atoms with Crippen molar-refractivity contribution in [3.05, 3.63) is 47.0 Å². The van der Waals surface area contributed by atoms with E-state index in [0.29, 0.717) is 22.9 Å². The topological polar surface area (TPSA) is 102 Å². The van der Waals surface area contributed by atoms with Gasteiger partial charge in [-0.3, -0.25) is 0 Å². The summed E-state index contributed by atoms with van der Waals surface area (Å²) in [6, 6.07) is 4.64. The van der Waals surface area contributed by atoms with Crippen LogP contribution in [-0.2, 0) is 11.3 Å². The molecule has 2 N–H and O–H groups in total. The number of aryl methyl sites for hydroxylation is 1. The van der Waals surface area contributed by atoms with Crippen LogP contribution in [0.3, 0.4) is 0 Å². The number of furan rings is 1. The van der Waals surface area contributed by atoms with Gasteiger partial charge in [0.05, 0.1) is 13.7 Å². The molecule has 0 atom stereocenters. The predicted molar refractivity (Wildman–Crippen MR) is 73.3 cm³/mol. The molecule has 2 aromatic heterocycles. The number of esters is 1. The van der Waals surface area contributed by atoms with Gasteiger partial charge >= 0.3 is 11.9 Å². The van der Waals surface area contributed by atoms with Gasteiger partial charge in [0.15, 0.2) is 0 Å². The fraction of sp³-hybridized carbons (Fsp3) is 0.214. The highest BCUT2D eigenvalue weighted by Gasteiger charge is 2.15. The number of aromatic carboxylic acids is 1. The number of hydrogen-bond donors (Lipinski definition) is 2. The lowest BCUT2D eigenvalue weighted by Gasteiger charge is -2.07. The van der Waals surface area contributed by atoms with Crippen LogP contribution >= 0.6 is 0 Å². The van der Waals surface area contributed by atoms with E-state index in [1.807, 2.05) is 0 Å². The van der Waals surface area contributed by atoms with Crippen LogP contribution < -0.4 is 5.32 Å². The number of nitrogens with zero attached hydrogens (tertiary/aromatic N) is 1. The monoisotopic (exact) mass is 290 g/mol. The van der Waals surface area contributed by atoms with Crippen molar-refractivity contribution in [2.24, 2.45) is 0 Å². The molecule has 0 bridgehead atoms. The number of carboxylic acid groups (broad SMARTS) is 1. The van der Waals surface area contributed by atoms with Crippen molar-refractivity contribution in [3.63, 3.8) is 0 Å². The Balaban J connectivity index is 2.15. The molecule has 0 saturated carbocycles. The molecule has 2 heterocycles. The minimum Gasteiger partial charge on any atom is -0.478 e. The Kier molecular flexibility index (Phi) is 4.22.